The van der Waals surface area contributed by atoms with E-state index in [4.69, 9.17) is 10.2 Å². The van der Waals surface area contributed by atoms with Crippen molar-refractivity contribution in [3.63, 3.8) is 0 Å². The summed E-state index contributed by atoms with van der Waals surface area (Å²) < 4.78 is 0. The van der Waals surface area contributed by atoms with Gasteiger partial charge in [-0.05, 0) is 12.5 Å². The molecule has 0 heterocycles. The number of carbonyl (C=O) groups is 2. The molecule has 0 spiro atoms. The summed E-state index contributed by atoms with van der Waals surface area (Å²) >= 11 is 0. The fourth-order valence-corrected chi connectivity index (χ4v) is 1.11. The van der Waals surface area contributed by atoms with Crippen LogP contribution in [-0.2, 0) is 15.0 Å². The Hall–Kier alpha value is 0.394. The molecule has 0 amide bonds. The number of hydrogen-bond donors (Lipinski definition) is 2. The van der Waals surface area contributed by atoms with E-state index in [1.807, 2.05) is 0 Å². The monoisotopic (exact) mass is 242 g/mol. The average molecular weight is 242 g/mol. The molecule has 0 aromatic heterocycles. The predicted molar refractivity (Wildman–Crippen MR) is 51.3 cm³/mol. The standard InChI is InChI=1S/C10H10O4.K.Li.2H/c1-10(8(11)12,9(13)14)7-5-3-2-4-6-7;;;;/h2-6H,1H3,(H,11,12)(H,13,14);;;;/q;2*+1;2*-1. The third kappa shape index (κ3) is 3.71. The molecule has 0 bridgehead atoms. The molecular formula is C10H12KLiO4. The number of rotatable bonds is 3. The van der Waals surface area contributed by atoms with Gasteiger partial charge >= 0.3 is 82.2 Å². The van der Waals surface area contributed by atoms with E-state index in [0.29, 0.717) is 0 Å². The zero-order valence-electron chi connectivity index (χ0n) is 11.6. The normalized spacial score (nSPS) is 9.56. The van der Waals surface area contributed by atoms with E-state index in [1.54, 1.807) is 18.2 Å². The molecule has 2 N–H and O–H groups in total. The Morgan fingerprint density at radius 1 is 1.12 bits per heavy atom. The van der Waals surface area contributed by atoms with Crippen molar-refractivity contribution >= 4 is 11.9 Å². The van der Waals surface area contributed by atoms with Crippen molar-refractivity contribution in [3.05, 3.63) is 35.9 Å². The minimum absolute atomic E-state index is 0. The smallest absolute Gasteiger partial charge is 1.00 e. The molecule has 0 unspecified atom stereocenters. The second kappa shape index (κ2) is 7.67. The molecule has 0 saturated heterocycles. The molecule has 4 nitrogen and oxygen atoms in total. The molecule has 0 radical (unpaired) electrons. The van der Waals surface area contributed by atoms with Crippen LogP contribution in [0.25, 0.3) is 0 Å². The number of hydrogen-bond acceptors (Lipinski definition) is 2. The van der Waals surface area contributed by atoms with Crippen molar-refractivity contribution < 1.29 is 92.9 Å². The van der Waals surface area contributed by atoms with Crippen molar-refractivity contribution in [1.29, 1.82) is 0 Å². The Morgan fingerprint density at radius 2 is 1.50 bits per heavy atom. The maximum atomic E-state index is 10.9. The second-order valence-corrected chi connectivity index (χ2v) is 3.10. The van der Waals surface area contributed by atoms with Crippen LogP contribution in [0.2, 0.25) is 0 Å². The van der Waals surface area contributed by atoms with Crippen LogP contribution >= 0.6 is 0 Å². The van der Waals surface area contributed by atoms with Crippen LogP contribution in [0.4, 0.5) is 0 Å². The van der Waals surface area contributed by atoms with Gasteiger partial charge in [0.25, 0.3) is 0 Å². The number of benzene rings is 1. The average Bonchev–Trinajstić information content (AvgIpc) is 2.17. The van der Waals surface area contributed by atoms with Gasteiger partial charge in [-0.3, -0.25) is 9.59 Å². The SMILES string of the molecule is CC(C(=O)O)(C(=O)O)c1ccccc1.[H-].[H-].[K+].[Li+]. The summed E-state index contributed by atoms with van der Waals surface area (Å²) in [7, 11) is 0. The summed E-state index contributed by atoms with van der Waals surface area (Å²) in [5.41, 5.74) is -1.61. The molecule has 1 rings (SSSR count). The van der Waals surface area contributed by atoms with Crippen LogP contribution in [0.1, 0.15) is 15.3 Å². The molecule has 0 aliphatic carbocycles. The topological polar surface area (TPSA) is 74.6 Å². The molecule has 1 aromatic carbocycles. The summed E-state index contributed by atoms with van der Waals surface area (Å²) in [5, 5.41) is 17.8. The maximum absolute atomic E-state index is 10.9. The van der Waals surface area contributed by atoms with E-state index in [2.05, 4.69) is 0 Å². The molecule has 0 fully saturated rings. The largest absolute Gasteiger partial charge is 1.00 e. The summed E-state index contributed by atoms with van der Waals surface area (Å²) in [6.07, 6.45) is 0. The zero-order chi connectivity index (χ0) is 10.8. The van der Waals surface area contributed by atoms with Crippen molar-refractivity contribution in [1.82, 2.24) is 0 Å². The quantitative estimate of drug-likeness (QED) is 0.413. The van der Waals surface area contributed by atoms with Crippen LogP contribution in [-0.4, -0.2) is 22.2 Å². The molecule has 0 saturated carbocycles. The first-order valence-corrected chi connectivity index (χ1v) is 4.02. The summed E-state index contributed by atoms with van der Waals surface area (Å²) in [4.78, 5) is 21.8. The molecule has 0 aliphatic rings. The van der Waals surface area contributed by atoms with Gasteiger partial charge in [-0.2, -0.15) is 0 Å². The number of carboxylic acid groups (broad SMARTS) is 2. The van der Waals surface area contributed by atoms with Gasteiger partial charge < -0.3 is 13.1 Å². The Balaban J connectivity index is -0.000000245. The molecule has 78 valence electrons. The van der Waals surface area contributed by atoms with Crippen LogP contribution in [0.15, 0.2) is 30.3 Å². The first-order valence-electron chi connectivity index (χ1n) is 4.02. The fraction of sp³-hybridized carbons (Fsp3) is 0.200. The van der Waals surface area contributed by atoms with E-state index in [0.717, 1.165) is 0 Å². The Labute approximate surface area is 151 Å². The van der Waals surface area contributed by atoms with Gasteiger partial charge in [0.2, 0.25) is 0 Å². The third-order valence-corrected chi connectivity index (χ3v) is 2.21. The van der Waals surface area contributed by atoms with Crippen LogP contribution in [0, 0.1) is 0 Å². The van der Waals surface area contributed by atoms with Gasteiger partial charge in [-0.25, -0.2) is 0 Å². The summed E-state index contributed by atoms with van der Waals surface area (Å²) in [6.45, 7) is 1.17. The van der Waals surface area contributed by atoms with Crippen LogP contribution in [0.5, 0.6) is 0 Å². The molecule has 16 heavy (non-hydrogen) atoms. The molecule has 0 atom stereocenters. The van der Waals surface area contributed by atoms with Crippen LogP contribution < -0.4 is 70.2 Å². The second-order valence-electron chi connectivity index (χ2n) is 3.10. The Morgan fingerprint density at radius 3 is 1.81 bits per heavy atom. The summed E-state index contributed by atoms with van der Waals surface area (Å²) in [5.74, 6) is -2.73. The predicted octanol–water partition coefficient (Wildman–Crippen LogP) is -4.65. The maximum Gasteiger partial charge on any atom is 1.00 e. The van der Waals surface area contributed by atoms with E-state index in [1.165, 1.54) is 19.1 Å². The van der Waals surface area contributed by atoms with Gasteiger partial charge in [0.15, 0.2) is 5.41 Å². The van der Waals surface area contributed by atoms with Crippen molar-refractivity contribution in [2.45, 2.75) is 12.3 Å². The zero-order valence-corrected chi connectivity index (χ0v) is 12.7. The Bertz CT molecular complexity index is 361. The minimum atomic E-state index is -1.87. The van der Waals surface area contributed by atoms with Gasteiger partial charge in [0, 0.05) is 0 Å². The Kier molecular flexibility index (Phi) is 8.99. The van der Waals surface area contributed by atoms with Gasteiger partial charge in [0.05, 0.1) is 0 Å². The van der Waals surface area contributed by atoms with E-state index < -0.39 is 17.4 Å². The van der Waals surface area contributed by atoms with Crippen molar-refractivity contribution in [2.75, 3.05) is 0 Å². The molecule has 0 aliphatic heterocycles. The fourth-order valence-electron chi connectivity index (χ4n) is 1.11. The van der Waals surface area contributed by atoms with E-state index >= 15 is 0 Å². The van der Waals surface area contributed by atoms with Crippen LogP contribution in [0.3, 0.4) is 0 Å². The minimum Gasteiger partial charge on any atom is -1.00 e. The van der Waals surface area contributed by atoms with E-state index in [9.17, 15) is 9.59 Å². The van der Waals surface area contributed by atoms with Crippen molar-refractivity contribution in [3.8, 4) is 0 Å². The van der Waals surface area contributed by atoms with Crippen molar-refractivity contribution in [2.24, 2.45) is 0 Å². The number of aliphatic carboxylic acids is 2. The van der Waals surface area contributed by atoms with Gasteiger partial charge in [-0.15, -0.1) is 0 Å². The van der Waals surface area contributed by atoms with Gasteiger partial charge in [-0.1, -0.05) is 30.3 Å². The van der Waals surface area contributed by atoms with E-state index in [-0.39, 0.29) is 78.7 Å². The molecule has 1 aromatic rings. The van der Waals surface area contributed by atoms with Gasteiger partial charge in [0.1, 0.15) is 0 Å². The number of carboxylic acids is 2. The first-order chi connectivity index (χ1) is 6.49. The first kappa shape index (κ1) is 18.8. The molecule has 6 heteroatoms. The summed E-state index contributed by atoms with van der Waals surface area (Å²) in [6, 6.07) is 7.90. The molecular weight excluding hydrogens is 230 g/mol. The third-order valence-electron chi connectivity index (χ3n) is 2.21.